The van der Waals surface area contributed by atoms with Gasteiger partial charge in [-0.05, 0) is 257 Å². The summed E-state index contributed by atoms with van der Waals surface area (Å²) in [4.78, 5) is 66.1. The Morgan fingerprint density at radius 2 is 0.389 bits per heavy atom. The molecule has 126 heavy (non-hydrogen) atoms. The van der Waals surface area contributed by atoms with Crippen LogP contribution < -0.4 is 37.9 Å². The number of unbranched alkanes of at least 4 members (excludes halogenated alkanes) is 14. The number of nitrogens with zero attached hydrogens (tertiary/aromatic N) is 2. The number of benzene rings is 13. The van der Waals surface area contributed by atoms with Gasteiger partial charge in [0.1, 0.15) is 69.0 Å². The first-order valence-corrected chi connectivity index (χ1v) is 45.1. The van der Waals surface area contributed by atoms with E-state index in [0.29, 0.717) is 140 Å². The fourth-order valence-electron chi connectivity index (χ4n) is 15.9. The number of imide groups is 2. The highest BCUT2D eigenvalue weighted by atomic mass is 16.5. The fourth-order valence-corrected chi connectivity index (χ4v) is 15.9. The largest absolute Gasteiger partial charge is 0.494 e. The smallest absolute Gasteiger partial charge is 0.261 e. The molecule has 2 aliphatic rings. The lowest BCUT2D eigenvalue weighted by Gasteiger charge is -2.32. The Labute approximate surface area is 740 Å². The second-order valence-electron chi connectivity index (χ2n) is 32.2. The molecule has 0 aliphatic carbocycles. The predicted molar refractivity (Wildman–Crippen MR) is 503 cm³/mol. The molecule has 636 valence electrons. The van der Waals surface area contributed by atoms with E-state index in [1.807, 2.05) is 208 Å². The van der Waals surface area contributed by atoms with Crippen molar-refractivity contribution in [2.24, 2.45) is 0 Å². The molecule has 0 saturated carbocycles. The van der Waals surface area contributed by atoms with Gasteiger partial charge in [0.15, 0.2) is 0 Å². The first-order valence-electron chi connectivity index (χ1n) is 45.1. The van der Waals surface area contributed by atoms with E-state index >= 15 is 19.2 Å². The van der Waals surface area contributed by atoms with Gasteiger partial charge in [0.2, 0.25) is 0 Å². The lowest BCUT2D eigenvalue weighted by molar-refractivity contribution is 0.0593. The SMILES string of the molecule is CCCCCCOc1ccc(C#Cc2ccc(Oc3cc4c5c(cc(Oc6ccc(C#Cc7ccc(OCCCCCC)cc7)cc6)c6c7c(Oc8ccc(C#Cc9ccc(OCCCCCC)cc9)cc8)cc8c9c(cc(Oc%10ccc(C#Cc%11ccc(OCCCCCC)cc%11)cc%10)c(c3c56)c97)C(=O)N(CCCC)C8=O)C(=O)N(CCCC)C4=O)cc2)cc1. The highest BCUT2D eigenvalue weighted by Crippen LogP contribution is 2.58. The van der Waals surface area contributed by atoms with Crippen LogP contribution in [0.2, 0.25) is 0 Å². The summed E-state index contributed by atoms with van der Waals surface area (Å²) in [5.41, 5.74) is 6.84. The van der Waals surface area contributed by atoms with Gasteiger partial charge in [0, 0.05) is 101 Å². The second-order valence-corrected chi connectivity index (χ2v) is 32.2. The van der Waals surface area contributed by atoms with Crippen LogP contribution in [0.4, 0.5) is 0 Å². The van der Waals surface area contributed by atoms with Crippen molar-refractivity contribution in [1.29, 1.82) is 0 Å². The molecular weight excluding hydrogens is 1570 g/mol. The summed E-state index contributed by atoms with van der Waals surface area (Å²) in [6.07, 6.45) is 20.3. The van der Waals surface area contributed by atoms with Crippen LogP contribution in [-0.4, -0.2) is 72.9 Å². The maximum atomic E-state index is 15.9. The van der Waals surface area contributed by atoms with Gasteiger partial charge >= 0.3 is 0 Å². The van der Waals surface area contributed by atoms with Crippen molar-refractivity contribution in [3.8, 4) is 116 Å². The van der Waals surface area contributed by atoms with Gasteiger partial charge in [-0.2, -0.15) is 0 Å². The highest BCUT2D eigenvalue weighted by Gasteiger charge is 2.42. The van der Waals surface area contributed by atoms with Gasteiger partial charge in [-0.1, -0.05) is 179 Å². The lowest BCUT2D eigenvalue weighted by atomic mass is 9.80. The summed E-state index contributed by atoms with van der Waals surface area (Å²) in [6.45, 7) is 15.7. The van der Waals surface area contributed by atoms with Crippen LogP contribution in [0.25, 0.3) is 43.1 Å². The lowest BCUT2D eigenvalue weighted by Crippen LogP contribution is -2.41. The molecule has 0 unspecified atom stereocenters. The molecule has 2 heterocycles. The fraction of sp³-hybridized carbons (Fsp3) is 0.286. The maximum Gasteiger partial charge on any atom is 0.261 e. The van der Waals surface area contributed by atoms with Gasteiger partial charge in [0.05, 0.1) is 48.7 Å². The number of carbonyl (C=O) groups excluding carboxylic acids is 4. The number of ether oxygens (including phenoxy) is 8. The second kappa shape index (κ2) is 42.4. The molecule has 2 aliphatic heterocycles. The Morgan fingerprint density at radius 1 is 0.206 bits per heavy atom. The minimum atomic E-state index is -0.523. The Hall–Kier alpha value is -13.9. The van der Waals surface area contributed by atoms with E-state index in [9.17, 15) is 0 Å². The summed E-state index contributed by atoms with van der Waals surface area (Å²) in [5, 5.41) is 2.92. The van der Waals surface area contributed by atoms with Gasteiger partial charge in [-0.3, -0.25) is 29.0 Å². The molecule has 0 N–H and O–H groups in total. The van der Waals surface area contributed by atoms with Crippen LogP contribution in [-0.2, 0) is 0 Å². The third-order valence-corrected chi connectivity index (χ3v) is 22.8. The molecule has 0 atom stereocenters. The van der Waals surface area contributed by atoms with E-state index in [0.717, 1.165) is 122 Å². The van der Waals surface area contributed by atoms with Crippen molar-refractivity contribution in [3.63, 3.8) is 0 Å². The molecule has 0 aromatic heterocycles. The zero-order valence-electron chi connectivity index (χ0n) is 73.0. The number of hydrogen-bond acceptors (Lipinski definition) is 12. The Kier molecular flexibility index (Phi) is 29.3. The minimum Gasteiger partial charge on any atom is -0.494 e. The van der Waals surface area contributed by atoms with Crippen molar-refractivity contribution in [2.45, 2.75) is 170 Å². The van der Waals surface area contributed by atoms with E-state index < -0.39 is 23.6 Å². The summed E-state index contributed by atoms with van der Waals surface area (Å²) < 4.78 is 53.7. The van der Waals surface area contributed by atoms with Crippen molar-refractivity contribution in [3.05, 3.63) is 285 Å². The minimum absolute atomic E-state index is 0.128. The van der Waals surface area contributed by atoms with Crippen LogP contribution in [0.5, 0.6) is 69.0 Å². The first kappa shape index (κ1) is 87.0. The van der Waals surface area contributed by atoms with Gasteiger partial charge in [-0.15, -0.1) is 0 Å². The quantitative estimate of drug-likeness (QED) is 0.0119. The molecule has 0 radical (unpaired) electrons. The molecule has 0 spiro atoms. The van der Waals surface area contributed by atoms with Crippen LogP contribution in [0.15, 0.2) is 218 Å². The van der Waals surface area contributed by atoms with Gasteiger partial charge in [-0.25, -0.2) is 0 Å². The van der Waals surface area contributed by atoms with Crippen molar-refractivity contribution >= 4 is 66.7 Å². The normalized spacial score (nSPS) is 12.0. The van der Waals surface area contributed by atoms with E-state index in [1.165, 1.54) is 35.5 Å². The maximum absolute atomic E-state index is 15.9. The van der Waals surface area contributed by atoms with E-state index in [1.54, 1.807) is 24.3 Å². The Morgan fingerprint density at radius 3 is 0.571 bits per heavy atom. The summed E-state index contributed by atoms with van der Waals surface area (Å²) in [5.74, 6) is 29.9. The van der Waals surface area contributed by atoms with Gasteiger partial charge < -0.3 is 37.9 Å². The molecule has 0 bridgehead atoms. The van der Waals surface area contributed by atoms with Crippen molar-refractivity contribution < 1.29 is 57.1 Å². The Balaban J connectivity index is 0.921. The molecule has 15 rings (SSSR count). The van der Waals surface area contributed by atoms with Crippen LogP contribution >= 0.6 is 0 Å². The monoisotopic (exact) mass is 1670 g/mol. The van der Waals surface area contributed by atoms with Crippen LogP contribution in [0.3, 0.4) is 0 Å². The van der Waals surface area contributed by atoms with E-state index in [4.69, 9.17) is 37.9 Å². The number of carbonyl (C=O) groups is 4. The molecular formula is C112H106N2O12. The average Bonchev–Trinajstić information content (AvgIpc) is 0.670. The molecule has 0 fully saturated rings. The number of fused-ring (bicyclic) bond motifs is 2. The third-order valence-electron chi connectivity index (χ3n) is 22.8. The molecule has 0 saturated heterocycles. The number of amides is 4. The zero-order valence-corrected chi connectivity index (χ0v) is 73.0. The molecule has 4 amide bonds. The van der Waals surface area contributed by atoms with Crippen LogP contribution in [0.1, 0.15) is 256 Å². The van der Waals surface area contributed by atoms with E-state index in [-0.39, 0.29) is 58.3 Å². The molecule has 13 aromatic rings. The standard InChI is InChI=1S/C112H106N2O12/c1-7-13-19-23-69-119-85-51-35-77(36-52-85)27-31-81-43-59-89(60-44-81)123-97-73-93-101-94(110(116)113(109(93)115)67-17-11-5)75-99(125-91-63-47-83(48-64-91)33-29-79-39-55-87(56-40-79)121-71-25-21-15-9-3)105-106-100(126-92-65-49-84(50-66-92)34-30-80-41-57-88(58-42-80)122-72-26-22-16-10-4)76-96-102-95(111(117)114(112(96)118)68-18-12-6)74-98(104(108(102)106)103(97)107(101)105)124-90-61-45-82(46-62-90)32-28-78-37-53-86(54-38-78)120-70-24-20-14-8-2/h35-66,73-76H,7-26,67-72H2,1-6H3. The average molecular weight is 1670 g/mol. The van der Waals surface area contributed by atoms with Gasteiger partial charge in [0.25, 0.3) is 23.6 Å². The zero-order chi connectivity index (χ0) is 87.1. The van der Waals surface area contributed by atoms with Crippen molar-refractivity contribution in [2.75, 3.05) is 39.5 Å². The molecule has 14 nitrogen and oxygen atoms in total. The Bertz CT molecular complexity index is 5550. The number of hydrogen-bond donors (Lipinski definition) is 0. The highest BCUT2D eigenvalue weighted by molar-refractivity contribution is 6.45. The van der Waals surface area contributed by atoms with E-state index in [2.05, 4.69) is 75.1 Å². The van der Waals surface area contributed by atoms with Crippen LogP contribution in [0, 0.1) is 47.4 Å². The topological polar surface area (TPSA) is 149 Å². The first-order chi connectivity index (χ1) is 61.9. The predicted octanol–water partition coefficient (Wildman–Crippen LogP) is 27.1. The van der Waals surface area contributed by atoms with Crippen molar-refractivity contribution in [1.82, 2.24) is 9.80 Å². The molecule has 13 aromatic carbocycles. The third kappa shape index (κ3) is 20.9. The summed E-state index contributed by atoms with van der Waals surface area (Å²) in [6, 6.07) is 67.6. The number of rotatable bonds is 38. The summed E-state index contributed by atoms with van der Waals surface area (Å²) >= 11 is 0. The molecule has 14 heteroatoms. The summed E-state index contributed by atoms with van der Waals surface area (Å²) in [7, 11) is 0.